The summed E-state index contributed by atoms with van der Waals surface area (Å²) < 4.78 is 1.20. The molecule has 0 unspecified atom stereocenters. The first-order valence-corrected chi connectivity index (χ1v) is 15.1. The van der Waals surface area contributed by atoms with Crippen LogP contribution in [0.25, 0.3) is 76.6 Å². The Morgan fingerprint density at radius 2 is 0.977 bits per heavy atom. The molecule has 2 aromatic heterocycles. The minimum Gasteiger partial charge on any atom is -0.235 e. The molecule has 0 atom stereocenters. The van der Waals surface area contributed by atoms with Gasteiger partial charge in [-0.05, 0) is 40.8 Å². The maximum Gasteiger partial charge on any atom is 0.160 e. The second-order valence-corrected chi connectivity index (χ2v) is 11.5. The average molecular weight is 568 g/mol. The highest BCUT2D eigenvalue weighted by Gasteiger charge is 2.13. The van der Waals surface area contributed by atoms with Crippen LogP contribution in [0.4, 0.5) is 0 Å². The highest BCUT2D eigenvalue weighted by atomic mass is 32.1. The summed E-state index contributed by atoms with van der Waals surface area (Å²) in [5, 5.41) is 3.39. The largest absolute Gasteiger partial charge is 0.235 e. The smallest absolute Gasteiger partial charge is 0.160 e. The monoisotopic (exact) mass is 567 g/mol. The third-order valence-corrected chi connectivity index (χ3v) is 8.78. The van der Waals surface area contributed by atoms with Crippen LogP contribution in [-0.4, -0.2) is 15.0 Å². The Hall–Kier alpha value is -5.45. The molecular formula is C39H25N3S. The lowest BCUT2D eigenvalue weighted by Crippen LogP contribution is -1.96. The van der Waals surface area contributed by atoms with Crippen molar-refractivity contribution in [3.05, 3.63) is 152 Å². The quantitative estimate of drug-likeness (QED) is 0.208. The molecule has 8 rings (SSSR count). The van der Waals surface area contributed by atoms with Crippen molar-refractivity contribution in [3.63, 3.8) is 0 Å². The van der Waals surface area contributed by atoms with E-state index in [-0.39, 0.29) is 0 Å². The Bertz CT molecular complexity index is 2170. The third kappa shape index (κ3) is 4.88. The van der Waals surface area contributed by atoms with E-state index in [1.54, 1.807) is 11.3 Å². The average Bonchev–Trinajstić information content (AvgIpc) is 3.54. The first kappa shape index (κ1) is 25.3. The number of fused-ring (bicyclic) bond motifs is 3. The molecule has 0 spiro atoms. The summed E-state index contributed by atoms with van der Waals surface area (Å²) in [6.45, 7) is 0. The molecule has 0 bridgehead atoms. The first-order chi connectivity index (χ1) is 21.3. The van der Waals surface area contributed by atoms with E-state index < -0.39 is 0 Å². The van der Waals surface area contributed by atoms with Crippen LogP contribution in [0.3, 0.4) is 0 Å². The number of thiazole rings is 1. The van der Waals surface area contributed by atoms with Crippen molar-refractivity contribution >= 4 is 32.3 Å². The molecule has 43 heavy (non-hydrogen) atoms. The molecule has 0 aliphatic carbocycles. The summed E-state index contributed by atoms with van der Waals surface area (Å²) in [5.74, 6) is 0.709. The van der Waals surface area contributed by atoms with E-state index in [9.17, 15) is 0 Å². The fourth-order valence-electron chi connectivity index (χ4n) is 5.53. The van der Waals surface area contributed by atoms with Gasteiger partial charge in [-0.2, -0.15) is 0 Å². The van der Waals surface area contributed by atoms with Gasteiger partial charge in [-0.15, -0.1) is 11.3 Å². The lowest BCUT2D eigenvalue weighted by Gasteiger charge is -2.11. The molecule has 2 heterocycles. The SMILES string of the molecule is c1ccc(-c2cc(-c3ccccc3)nc(-c3cccc(-c4ccc5c(ccc6sc(-c7ccccc7)nc65)c4)c3)n2)cc1. The molecular weight excluding hydrogens is 543 g/mol. The van der Waals surface area contributed by atoms with Gasteiger partial charge in [-0.1, -0.05) is 127 Å². The van der Waals surface area contributed by atoms with Crippen molar-refractivity contribution in [1.82, 2.24) is 15.0 Å². The minimum atomic E-state index is 0.709. The molecule has 0 fully saturated rings. The fourth-order valence-corrected chi connectivity index (χ4v) is 6.52. The number of nitrogens with zero attached hydrogens (tertiary/aromatic N) is 3. The summed E-state index contributed by atoms with van der Waals surface area (Å²) in [5.41, 5.74) is 9.41. The van der Waals surface area contributed by atoms with Crippen LogP contribution < -0.4 is 0 Å². The number of rotatable bonds is 5. The molecule has 3 nitrogen and oxygen atoms in total. The molecule has 4 heteroatoms. The van der Waals surface area contributed by atoms with Crippen molar-refractivity contribution in [3.8, 4) is 55.6 Å². The molecule has 0 aliphatic heterocycles. The second-order valence-electron chi connectivity index (χ2n) is 10.5. The van der Waals surface area contributed by atoms with Crippen molar-refractivity contribution in [2.75, 3.05) is 0 Å². The Labute approximate surface area is 253 Å². The summed E-state index contributed by atoms with van der Waals surface area (Å²) in [6, 6.07) is 52.6. The van der Waals surface area contributed by atoms with Crippen LogP contribution in [0, 0.1) is 0 Å². The zero-order valence-electron chi connectivity index (χ0n) is 23.2. The molecule has 0 saturated heterocycles. The third-order valence-electron chi connectivity index (χ3n) is 7.71. The molecule has 0 amide bonds. The number of hydrogen-bond acceptors (Lipinski definition) is 4. The standard InChI is InChI=1S/C39H25N3S/c1-4-11-26(12-5-1)34-25-35(27-13-6-2-7-14-27)41-38(40-34)32-18-10-17-29(24-32)30-19-21-33-31(23-30)20-22-36-37(33)42-39(43-36)28-15-8-3-9-16-28/h1-25H. The van der Waals surface area contributed by atoms with Gasteiger partial charge in [-0.25, -0.2) is 15.0 Å². The van der Waals surface area contributed by atoms with Crippen molar-refractivity contribution in [2.45, 2.75) is 0 Å². The summed E-state index contributed by atoms with van der Waals surface area (Å²) in [4.78, 5) is 15.1. The normalized spacial score (nSPS) is 11.3. The van der Waals surface area contributed by atoms with Crippen LogP contribution in [0.5, 0.6) is 0 Å². The molecule has 0 aliphatic rings. The fraction of sp³-hybridized carbons (Fsp3) is 0. The van der Waals surface area contributed by atoms with Gasteiger partial charge in [0.2, 0.25) is 0 Å². The van der Waals surface area contributed by atoms with E-state index >= 15 is 0 Å². The van der Waals surface area contributed by atoms with Gasteiger partial charge >= 0.3 is 0 Å². The van der Waals surface area contributed by atoms with Crippen LogP contribution in [-0.2, 0) is 0 Å². The lowest BCUT2D eigenvalue weighted by molar-refractivity contribution is 1.18. The van der Waals surface area contributed by atoms with Crippen molar-refractivity contribution < 1.29 is 0 Å². The van der Waals surface area contributed by atoms with Gasteiger partial charge in [0.15, 0.2) is 5.82 Å². The maximum absolute atomic E-state index is 5.04. The first-order valence-electron chi connectivity index (χ1n) is 14.3. The van der Waals surface area contributed by atoms with E-state index in [0.29, 0.717) is 5.82 Å². The molecule has 6 aromatic carbocycles. The minimum absolute atomic E-state index is 0.709. The van der Waals surface area contributed by atoms with Gasteiger partial charge in [-0.3, -0.25) is 0 Å². The summed E-state index contributed by atoms with van der Waals surface area (Å²) in [7, 11) is 0. The van der Waals surface area contributed by atoms with Gasteiger partial charge in [0.05, 0.1) is 21.6 Å². The van der Waals surface area contributed by atoms with Gasteiger partial charge in [0.1, 0.15) is 5.01 Å². The predicted molar refractivity (Wildman–Crippen MR) is 180 cm³/mol. The highest BCUT2D eigenvalue weighted by molar-refractivity contribution is 7.21. The van der Waals surface area contributed by atoms with E-state index in [1.165, 1.54) is 15.5 Å². The van der Waals surface area contributed by atoms with E-state index in [2.05, 4.69) is 109 Å². The highest BCUT2D eigenvalue weighted by Crippen LogP contribution is 2.36. The van der Waals surface area contributed by atoms with Crippen molar-refractivity contribution in [2.24, 2.45) is 0 Å². The van der Waals surface area contributed by atoms with E-state index in [0.717, 1.165) is 55.3 Å². The van der Waals surface area contributed by atoms with E-state index in [1.807, 2.05) is 42.5 Å². The molecule has 8 aromatic rings. The number of aromatic nitrogens is 3. The Morgan fingerprint density at radius 1 is 0.395 bits per heavy atom. The Morgan fingerprint density at radius 3 is 1.65 bits per heavy atom. The molecule has 202 valence electrons. The maximum atomic E-state index is 5.04. The van der Waals surface area contributed by atoms with Gasteiger partial charge in [0.25, 0.3) is 0 Å². The van der Waals surface area contributed by atoms with E-state index in [4.69, 9.17) is 15.0 Å². The molecule has 0 N–H and O–H groups in total. The zero-order chi connectivity index (χ0) is 28.6. The second kappa shape index (κ2) is 10.8. The number of hydrogen-bond donors (Lipinski definition) is 0. The zero-order valence-corrected chi connectivity index (χ0v) is 24.0. The predicted octanol–water partition coefficient (Wildman–Crippen LogP) is 10.6. The van der Waals surface area contributed by atoms with Crippen LogP contribution in [0.2, 0.25) is 0 Å². The Balaban J connectivity index is 1.20. The van der Waals surface area contributed by atoms with Crippen LogP contribution >= 0.6 is 11.3 Å². The van der Waals surface area contributed by atoms with Gasteiger partial charge in [0, 0.05) is 27.6 Å². The van der Waals surface area contributed by atoms with Gasteiger partial charge < -0.3 is 0 Å². The van der Waals surface area contributed by atoms with Crippen LogP contribution in [0.1, 0.15) is 0 Å². The topological polar surface area (TPSA) is 38.7 Å². The summed E-state index contributed by atoms with van der Waals surface area (Å²) >= 11 is 1.74. The summed E-state index contributed by atoms with van der Waals surface area (Å²) in [6.07, 6.45) is 0. The van der Waals surface area contributed by atoms with Crippen molar-refractivity contribution in [1.29, 1.82) is 0 Å². The number of benzene rings is 6. The molecule has 0 saturated carbocycles. The Kier molecular flexibility index (Phi) is 6.32. The molecule has 0 radical (unpaired) electrons. The van der Waals surface area contributed by atoms with Crippen LogP contribution in [0.15, 0.2) is 152 Å². The lowest BCUT2D eigenvalue weighted by atomic mass is 9.99.